The average Bonchev–Trinajstić information content (AvgIpc) is 3.08. The number of nitrogens with two attached hydrogens (primary N) is 1. The number of hydrogen-bond donors (Lipinski definition) is 3. The van der Waals surface area contributed by atoms with Gasteiger partial charge in [0.2, 0.25) is 0 Å². The highest BCUT2D eigenvalue weighted by Gasteiger charge is 2.17. The number of aromatic nitrogens is 1. The number of carboxylic acids is 1. The normalized spacial score (nSPS) is 10.9. The van der Waals surface area contributed by atoms with Gasteiger partial charge in [-0.15, -0.1) is 0 Å². The van der Waals surface area contributed by atoms with Gasteiger partial charge in [-0.25, -0.2) is 4.79 Å². The maximum absolute atomic E-state index is 11.9. The molecule has 0 saturated heterocycles. The molecule has 1 aromatic heterocycles. The fourth-order valence-corrected chi connectivity index (χ4v) is 3.98. The minimum atomic E-state index is -0.995. The lowest BCUT2D eigenvalue weighted by Gasteiger charge is -2.13. The Balaban J connectivity index is 1.81. The first-order chi connectivity index (χ1) is 14.9. The number of nitrogens with one attached hydrogen (secondary N) is 1. The van der Waals surface area contributed by atoms with E-state index >= 15 is 0 Å². The fourth-order valence-electron chi connectivity index (χ4n) is 3.98. The van der Waals surface area contributed by atoms with E-state index in [2.05, 4.69) is 6.20 Å². The third-order valence-electron chi connectivity index (χ3n) is 5.53. The van der Waals surface area contributed by atoms with E-state index in [4.69, 9.17) is 15.9 Å². The zero-order valence-electron chi connectivity index (χ0n) is 17.3. The Kier molecular flexibility index (Phi) is 5.21. The molecule has 0 aliphatic carbocycles. The van der Waals surface area contributed by atoms with Gasteiger partial charge in [0.25, 0.3) is 0 Å². The first-order valence-electron chi connectivity index (χ1n) is 9.81. The van der Waals surface area contributed by atoms with Crippen LogP contribution >= 0.6 is 0 Å². The molecule has 0 unspecified atom stereocenters. The molecule has 0 saturated carbocycles. The van der Waals surface area contributed by atoms with Crippen LogP contribution in [0, 0.1) is 5.41 Å². The van der Waals surface area contributed by atoms with Crippen LogP contribution in [-0.4, -0.2) is 28.6 Å². The topological polar surface area (TPSA) is 101 Å². The zero-order chi connectivity index (χ0) is 22.1. The smallest absolute Gasteiger partial charge is 0.336 e. The van der Waals surface area contributed by atoms with E-state index in [1.54, 1.807) is 18.2 Å². The molecule has 156 valence electrons. The van der Waals surface area contributed by atoms with Gasteiger partial charge >= 0.3 is 5.97 Å². The Bertz CT molecular complexity index is 1320. The Morgan fingerprint density at radius 2 is 1.84 bits per heavy atom. The second-order valence-corrected chi connectivity index (χ2v) is 7.46. The standard InChI is InChI=1S/C25H23N3O3/c1-28-14-17(20-9-7-16(24(26)27)12-23(20)28)11-15-5-3-4-6-19(15)21-10-8-18(31-2)13-22(21)25(29)30/h3-10,12-14H,11H2,1-2H3,(H3,26,27)(H,29,30). The monoisotopic (exact) mass is 413 g/mol. The van der Waals surface area contributed by atoms with Crippen molar-refractivity contribution in [2.75, 3.05) is 7.11 Å². The molecule has 4 rings (SSSR count). The third kappa shape index (κ3) is 3.75. The van der Waals surface area contributed by atoms with Crippen LogP contribution in [0.3, 0.4) is 0 Å². The van der Waals surface area contributed by atoms with Gasteiger partial charge in [0.05, 0.1) is 12.7 Å². The summed E-state index contributed by atoms with van der Waals surface area (Å²) in [4.78, 5) is 11.9. The molecule has 0 bridgehead atoms. The van der Waals surface area contributed by atoms with Gasteiger partial charge in [-0.1, -0.05) is 36.4 Å². The molecule has 0 aliphatic heterocycles. The van der Waals surface area contributed by atoms with Crippen LogP contribution in [0.4, 0.5) is 0 Å². The number of carbonyl (C=O) groups is 1. The lowest BCUT2D eigenvalue weighted by Crippen LogP contribution is -2.10. The SMILES string of the molecule is COc1ccc(-c2ccccc2Cc2cn(C)c3cc(C(=N)N)ccc23)c(C(=O)O)c1. The van der Waals surface area contributed by atoms with Crippen molar-refractivity contribution in [3.8, 4) is 16.9 Å². The van der Waals surface area contributed by atoms with Crippen molar-refractivity contribution in [2.24, 2.45) is 12.8 Å². The summed E-state index contributed by atoms with van der Waals surface area (Å²) < 4.78 is 7.23. The van der Waals surface area contributed by atoms with Crippen LogP contribution in [0.25, 0.3) is 22.0 Å². The van der Waals surface area contributed by atoms with Crippen molar-refractivity contribution in [3.63, 3.8) is 0 Å². The number of aromatic carboxylic acids is 1. The van der Waals surface area contributed by atoms with Gasteiger partial charge in [0, 0.05) is 36.1 Å². The number of aryl methyl sites for hydroxylation is 1. The van der Waals surface area contributed by atoms with Crippen molar-refractivity contribution < 1.29 is 14.6 Å². The lowest BCUT2D eigenvalue weighted by atomic mass is 9.92. The highest BCUT2D eigenvalue weighted by molar-refractivity contribution is 5.99. The molecule has 0 aliphatic rings. The van der Waals surface area contributed by atoms with E-state index in [-0.39, 0.29) is 11.4 Å². The van der Waals surface area contributed by atoms with Crippen LogP contribution in [0.1, 0.15) is 27.0 Å². The lowest BCUT2D eigenvalue weighted by molar-refractivity contribution is 0.0697. The number of nitrogens with zero attached hydrogens (tertiary/aromatic N) is 1. The molecule has 0 atom stereocenters. The molecule has 0 amide bonds. The summed E-state index contributed by atoms with van der Waals surface area (Å²) in [6, 6.07) is 18.7. The number of benzene rings is 3. The molecule has 31 heavy (non-hydrogen) atoms. The summed E-state index contributed by atoms with van der Waals surface area (Å²) in [5, 5.41) is 18.5. The fraction of sp³-hybridized carbons (Fsp3) is 0.120. The van der Waals surface area contributed by atoms with Gasteiger partial charge in [0.1, 0.15) is 11.6 Å². The van der Waals surface area contributed by atoms with Crippen LogP contribution in [0.15, 0.2) is 66.9 Å². The van der Waals surface area contributed by atoms with Gasteiger partial charge in [0.15, 0.2) is 0 Å². The number of methoxy groups -OCH3 is 1. The minimum absolute atomic E-state index is 0.0377. The highest BCUT2D eigenvalue weighted by Crippen LogP contribution is 2.33. The number of hydrogen-bond acceptors (Lipinski definition) is 3. The van der Waals surface area contributed by atoms with Crippen molar-refractivity contribution in [3.05, 3.63) is 89.1 Å². The van der Waals surface area contributed by atoms with E-state index in [1.807, 2.05) is 54.1 Å². The van der Waals surface area contributed by atoms with Crippen LogP contribution in [-0.2, 0) is 13.5 Å². The number of fused-ring (bicyclic) bond motifs is 1. The zero-order valence-corrected chi connectivity index (χ0v) is 17.3. The summed E-state index contributed by atoms with van der Waals surface area (Å²) in [6.45, 7) is 0. The molecule has 0 radical (unpaired) electrons. The molecule has 4 N–H and O–H groups in total. The molecule has 6 heteroatoms. The molecule has 6 nitrogen and oxygen atoms in total. The predicted octanol–water partition coefficient (Wildman–Crippen LogP) is 4.43. The highest BCUT2D eigenvalue weighted by atomic mass is 16.5. The Labute approximate surface area is 180 Å². The molecule has 3 aromatic carbocycles. The molecule has 1 heterocycles. The largest absolute Gasteiger partial charge is 0.497 e. The Morgan fingerprint density at radius 1 is 1.06 bits per heavy atom. The van der Waals surface area contributed by atoms with E-state index < -0.39 is 5.97 Å². The summed E-state index contributed by atoms with van der Waals surface area (Å²) in [5.41, 5.74) is 11.2. The van der Waals surface area contributed by atoms with Gasteiger partial charge in [-0.3, -0.25) is 5.41 Å². The first-order valence-corrected chi connectivity index (χ1v) is 9.81. The van der Waals surface area contributed by atoms with E-state index in [0.29, 0.717) is 23.3 Å². The van der Waals surface area contributed by atoms with Crippen molar-refractivity contribution >= 4 is 22.7 Å². The van der Waals surface area contributed by atoms with Gasteiger partial charge in [-0.05, 0) is 46.5 Å². The van der Waals surface area contributed by atoms with Gasteiger partial charge in [-0.2, -0.15) is 0 Å². The summed E-state index contributed by atoms with van der Waals surface area (Å²) in [7, 11) is 3.49. The van der Waals surface area contributed by atoms with Crippen LogP contribution < -0.4 is 10.5 Å². The van der Waals surface area contributed by atoms with Crippen molar-refractivity contribution in [1.82, 2.24) is 4.57 Å². The summed E-state index contributed by atoms with van der Waals surface area (Å²) >= 11 is 0. The molecular formula is C25H23N3O3. The van der Waals surface area contributed by atoms with Crippen LogP contribution in [0.2, 0.25) is 0 Å². The van der Waals surface area contributed by atoms with E-state index in [9.17, 15) is 9.90 Å². The van der Waals surface area contributed by atoms with Crippen molar-refractivity contribution in [1.29, 1.82) is 5.41 Å². The van der Waals surface area contributed by atoms with Gasteiger partial charge < -0.3 is 20.1 Å². The average molecular weight is 413 g/mol. The third-order valence-corrected chi connectivity index (χ3v) is 5.53. The van der Waals surface area contributed by atoms with E-state index in [0.717, 1.165) is 27.6 Å². The minimum Gasteiger partial charge on any atom is -0.497 e. The van der Waals surface area contributed by atoms with Crippen LogP contribution in [0.5, 0.6) is 5.75 Å². The number of amidine groups is 1. The second kappa shape index (κ2) is 7.99. The maximum Gasteiger partial charge on any atom is 0.336 e. The number of nitrogen functional groups attached to an aromatic ring is 1. The van der Waals surface area contributed by atoms with E-state index in [1.165, 1.54) is 7.11 Å². The molecule has 0 fully saturated rings. The Morgan fingerprint density at radius 3 is 2.55 bits per heavy atom. The molecular weight excluding hydrogens is 390 g/mol. The molecule has 4 aromatic rings. The maximum atomic E-state index is 11.9. The number of carboxylic acid groups (broad SMARTS) is 1. The number of rotatable bonds is 6. The predicted molar refractivity (Wildman–Crippen MR) is 122 cm³/mol. The first kappa shape index (κ1) is 20.2. The summed E-state index contributed by atoms with van der Waals surface area (Å²) in [6.07, 6.45) is 2.70. The quantitative estimate of drug-likeness (QED) is 0.321. The summed E-state index contributed by atoms with van der Waals surface area (Å²) in [5.74, 6) is -0.449. The molecule has 0 spiro atoms. The number of ether oxygens (including phenoxy) is 1. The Hall–Kier alpha value is -4.06. The van der Waals surface area contributed by atoms with Crippen molar-refractivity contribution in [2.45, 2.75) is 6.42 Å². The second-order valence-electron chi connectivity index (χ2n) is 7.46.